The second-order valence-corrected chi connectivity index (χ2v) is 7.65. The summed E-state index contributed by atoms with van der Waals surface area (Å²) < 4.78 is 5.04. The summed E-state index contributed by atoms with van der Waals surface area (Å²) in [5, 5.41) is 4.66. The summed E-state index contributed by atoms with van der Waals surface area (Å²) in [7, 11) is 0. The molecule has 2 heterocycles. The topological polar surface area (TPSA) is 46.3 Å². The van der Waals surface area contributed by atoms with E-state index in [-0.39, 0.29) is 5.78 Å². The van der Waals surface area contributed by atoms with Gasteiger partial charge in [0.15, 0.2) is 10.6 Å². The van der Waals surface area contributed by atoms with Crippen molar-refractivity contribution in [1.82, 2.24) is 19.2 Å². The van der Waals surface area contributed by atoms with E-state index in [4.69, 9.17) is 12.2 Å². The largest absolute Gasteiger partial charge is 0.369 e. The maximum absolute atomic E-state index is 11.4. The van der Waals surface area contributed by atoms with Gasteiger partial charge in [0.2, 0.25) is 0 Å². The van der Waals surface area contributed by atoms with Crippen LogP contribution in [0.5, 0.6) is 0 Å². The molecular formula is C19H25N5OS. The van der Waals surface area contributed by atoms with Gasteiger partial charge in [0.05, 0.1) is 6.67 Å². The Balaban J connectivity index is 1.37. The molecule has 2 aliphatic rings. The van der Waals surface area contributed by atoms with E-state index in [9.17, 15) is 4.79 Å². The highest BCUT2D eigenvalue weighted by Gasteiger charge is 2.27. The summed E-state index contributed by atoms with van der Waals surface area (Å²) in [6.07, 6.45) is 2.45. The number of nitrogens with zero attached hydrogens (tertiary/aromatic N) is 5. The standard InChI is InChI=1S/C19H25N5OS/c1-14(25)16-3-5-17(6-4-16)22-11-9-21(10-12-22)13-23-19(26)24(15(2)20-23)18-7-8-18/h3-6,18H,7-13H2,1-2H3. The van der Waals surface area contributed by atoms with Crippen LogP contribution in [0.25, 0.3) is 0 Å². The van der Waals surface area contributed by atoms with Crippen molar-refractivity contribution >= 4 is 23.7 Å². The van der Waals surface area contributed by atoms with Gasteiger partial charge in [-0.25, -0.2) is 4.68 Å². The lowest BCUT2D eigenvalue weighted by Gasteiger charge is -2.35. The van der Waals surface area contributed by atoms with Gasteiger partial charge in [-0.05, 0) is 63.2 Å². The summed E-state index contributed by atoms with van der Waals surface area (Å²) in [5.41, 5.74) is 1.95. The number of hydrogen-bond donors (Lipinski definition) is 0. The first-order chi connectivity index (χ1) is 12.5. The molecule has 1 aromatic carbocycles. The number of ketones is 1. The Morgan fingerprint density at radius 1 is 1.15 bits per heavy atom. The van der Waals surface area contributed by atoms with Crippen LogP contribution in [0.2, 0.25) is 0 Å². The maximum Gasteiger partial charge on any atom is 0.199 e. The van der Waals surface area contributed by atoms with E-state index in [0.29, 0.717) is 6.04 Å². The average Bonchev–Trinajstić information content (AvgIpc) is 3.42. The number of rotatable bonds is 5. The Morgan fingerprint density at radius 3 is 2.38 bits per heavy atom. The number of carbonyl (C=O) groups excluding carboxylic acids is 1. The zero-order valence-electron chi connectivity index (χ0n) is 15.4. The van der Waals surface area contributed by atoms with Crippen molar-refractivity contribution in [3.8, 4) is 0 Å². The Labute approximate surface area is 159 Å². The monoisotopic (exact) mass is 371 g/mol. The number of piperazine rings is 1. The second-order valence-electron chi connectivity index (χ2n) is 7.28. The van der Waals surface area contributed by atoms with Crippen molar-refractivity contribution in [2.45, 2.75) is 39.4 Å². The minimum Gasteiger partial charge on any atom is -0.369 e. The molecule has 2 aromatic rings. The molecule has 1 aliphatic carbocycles. The molecular weight excluding hydrogens is 346 g/mol. The molecule has 1 aliphatic heterocycles. The van der Waals surface area contributed by atoms with E-state index < -0.39 is 0 Å². The van der Waals surface area contributed by atoms with Crippen molar-refractivity contribution in [3.05, 3.63) is 40.4 Å². The van der Waals surface area contributed by atoms with E-state index in [0.717, 1.165) is 49.0 Å². The lowest BCUT2D eigenvalue weighted by atomic mass is 10.1. The highest BCUT2D eigenvalue weighted by molar-refractivity contribution is 7.71. The molecule has 1 saturated heterocycles. The Kier molecular flexibility index (Phi) is 4.67. The fourth-order valence-electron chi connectivity index (χ4n) is 3.62. The van der Waals surface area contributed by atoms with Crippen LogP contribution in [0.4, 0.5) is 5.69 Å². The fraction of sp³-hybridized carbons (Fsp3) is 0.526. The maximum atomic E-state index is 11.4. The number of aromatic nitrogens is 3. The second kappa shape index (κ2) is 6.96. The summed E-state index contributed by atoms with van der Waals surface area (Å²) in [4.78, 5) is 16.2. The highest BCUT2D eigenvalue weighted by Crippen LogP contribution is 2.35. The van der Waals surface area contributed by atoms with Gasteiger partial charge in [-0.3, -0.25) is 9.69 Å². The van der Waals surface area contributed by atoms with E-state index in [2.05, 4.69) is 19.5 Å². The van der Waals surface area contributed by atoms with Crippen molar-refractivity contribution < 1.29 is 4.79 Å². The lowest BCUT2D eigenvalue weighted by Crippen LogP contribution is -2.47. The third-order valence-corrected chi connectivity index (χ3v) is 5.71. The molecule has 0 bridgehead atoms. The highest BCUT2D eigenvalue weighted by atomic mass is 32.1. The molecule has 26 heavy (non-hydrogen) atoms. The van der Waals surface area contributed by atoms with Crippen molar-refractivity contribution in [2.75, 3.05) is 31.1 Å². The van der Waals surface area contributed by atoms with Gasteiger partial charge >= 0.3 is 0 Å². The summed E-state index contributed by atoms with van der Waals surface area (Å²) in [6.45, 7) is 8.30. The molecule has 0 unspecified atom stereocenters. The van der Waals surface area contributed by atoms with Crippen LogP contribution in [0.15, 0.2) is 24.3 Å². The number of hydrogen-bond acceptors (Lipinski definition) is 5. The molecule has 0 spiro atoms. The number of aryl methyl sites for hydroxylation is 1. The quantitative estimate of drug-likeness (QED) is 0.597. The molecule has 0 atom stereocenters. The summed E-state index contributed by atoms with van der Waals surface area (Å²) in [5.74, 6) is 1.14. The molecule has 0 radical (unpaired) electrons. The van der Waals surface area contributed by atoms with Crippen LogP contribution < -0.4 is 4.90 Å². The van der Waals surface area contributed by atoms with Gasteiger partial charge in [0, 0.05) is 43.5 Å². The molecule has 2 fully saturated rings. The molecule has 138 valence electrons. The van der Waals surface area contributed by atoms with Crippen LogP contribution in [-0.2, 0) is 6.67 Å². The normalized spacial score (nSPS) is 18.3. The molecule has 4 rings (SSSR count). The number of Topliss-reactive ketones (excluding diaryl/α,β-unsaturated/α-hetero) is 1. The molecule has 1 aromatic heterocycles. The minimum absolute atomic E-state index is 0.110. The third kappa shape index (κ3) is 3.46. The van der Waals surface area contributed by atoms with Crippen molar-refractivity contribution in [3.63, 3.8) is 0 Å². The summed E-state index contributed by atoms with van der Waals surface area (Å²) in [6, 6.07) is 8.49. The zero-order valence-corrected chi connectivity index (χ0v) is 16.2. The summed E-state index contributed by atoms with van der Waals surface area (Å²) >= 11 is 5.63. The number of benzene rings is 1. The third-order valence-electron chi connectivity index (χ3n) is 5.30. The first-order valence-electron chi connectivity index (χ1n) is 9.27. The fourth-order valence-corrected chi connectivity index (χ4v) is 4.00. The predicted octanol–water partition coefficient (Wildman–Crippen LogP) is 3.04. The molecule has 1 saturated carbocycles. The molecule has 6 nitrogen and oxygen atoms in total. The number of anilines is 1. The Morgan fingerprint density at radius 2 is 1.81 bits per heavy atom. The van der Waals surface area contributed by atoms with Crippen LogP contribution >= 0.6 is 12.2 Å². The Bertz CT molecular complexity index is 857. The van der Waals surface area contributed by atoms with E-state index >= 15 is 0 Å². The van der Waals surface area contributed by atoms with Crippen LogP contribution in [-0.4, -0.2) is 51.2 Å². The smallest absolute Gasteiger partial charge is 0.199 e. The van der Waals surface area contributed by atoms with E-state index in [1.54, 1.807) is 6.92 Å². The molecule has 0 N–H and O–H groups in total. The van der Waals surface area contributed by atoms with Crippen molar-refractivity contribution in [2.24, 2.45) is 0 Å². The SMILES string of the molecule is CC(=O)c1ccc(N2CCN(Cn3nc(C)n(C4CC4)c3=S)CC2)cc1. The van der Waals surface area contributed by atoms with Crippen molar-refractivity contribution in [1.29, 1.82) is 0 Å². The minimum atomic E-state index is 0.110. The van der Waals surface area contributed by atoms with E-state index in [1.165, 1.54) is 18.5 Å². The molecule has 0 amide bonds. The van der Waals surface area contributed by atoms with Gasteiger partial charge in [-0.15, -0.1) is 0 Å². The molecule has 7 heteroatoms. The predicted molar refractivity (Wildman–Crippen MR) is 104 cm³/mol. The Hall–Kier alpha value is -1.99. The van der Waals surface area contributed by atoms with E-state index in [1.807, 2.05) is 35.9 Å². The number of carbonyl (C=O) groups is 1. The van der Waals surface area contributed by atoms with Gasteiger partial charge in [0.1, 0.15) is 5.82 Å². The first kappa shape index (κ1) is 17.4. The average molecular weight is 372 g/mol. The van der Waals surface area contributed by atoms with Gasteiger partial charge in [0.25, 0.3) is 0 Å². The van der Waals surface area contributed by atoms with Crippen LogP contribution in [0.1, 0.15) is 42.0 Å². The zero-order chi connectivity index (χ0) is 18.3. The van der Waals surface area contributed by atoms with Gasteiger partial charge in [-0.1, -0.05) is 0 Å². The van der Waals surface area contributed by atoms with Gasteiger partial charge < -0.3 is 9.47 Å². The van der Waals surface area contributed by atoms with Crippen LogP contribution in [0, 0.1) is 11.7 Å². The first-order valence-corrected chi connectivity index (χ1v) is 9.68. The lowest BCUT2D eigenvalue weighted by molar-refractivity contribution is 0.101. The van der Waals surface area contributed by atoms with Crippen LogP contribution in [0.3, 0.4) is 0 Å². The van der Waals surface area contributed by atoms with Gasteiger partial charge in [-0.2, -0.15) is 5.10 Å².